The van der Waals surface area contributed by atoms with Gasteiger partial charge in [-0.05, 0) is 37.7 Å². The van der Waals surface area contributed by atoms with Crippen molar-refractivity contribution in [2.24, 2.45) is 7.05 Å². The van der Waals surface area contributed by atoms with E-state index < -0.39 is 5.97 Å². The van der Waals surface area contributed by atoms with Crippen LogP contribution in [0.5, 0.6) is 0 Å². The van der Waals surface area contributed by atoms with E-state index >= 15 is 0 Å². The molecular formula is C22H27ClN6O3S2. The van der Waals surface area contributed by atoms with Crippen molar-refractivity contribution in [3.05, 3.63) is 27.2 Å². The largest absolute Gasteiger partial charge is 0.465 e. The van der Waals surface area contributed by atoms with Crippen molar-refractivity contribution in [1.29, 1.82) is 0 Å². The molecule has 1 N–H and O–H groups in total. The van der Waals surface area contributed by atoms with Crippen molar-refractivity contribution in [3.63, 3.8) is 0 Å². The molecule has 9 nitrogen and oxygen atoms in total. The molecule has 0 aliphatic heterocycles. The number of hydrogen-bond donors (Lipinski definition) is 1. The highest BCUT2D eigenvalue weighted by Crippen LogP contribution is 2.38. The number of esters is 1. The van der Waals surface area contributed by atoms with Gasteiger partial charge in [0.1, 0.15) is 10.7 Å². The van der Waals surface area contributed by atoms with Crippen LogP contribution in [0.2, 0.25) is 5.02 Å². The molecule has 182 valence electrons. The molecule has 0 radical (unpaired) electrons. The summed E-state index contributed by atoms with van der Waals surface area (Å²) in [7, 11) is 3.17. The number of methoxy groups -OCH3 is 1. The number of fused-ring (bicyclic) bond motifs is 1. The van der Waals surface area contributed by atoms with Crippen molar-refractivity contribution in [3.8, 4) is 11.5 Å². The Kier molecular flexibility index (Phi) is 7.95. The van der Waals surface area contributed by atoms with Gasteiger partial charge in [0.2, 0.25) is 5.91 Å². The monoisotopic (exact) mass is 522 g/mol. The third kappa shape index (κ3) is 5.16. The molecule has 1 aliphatic rings. The summed E-state index contributed by atoms with van der Waals surface area (Å²) in [6.45, 7) is 2.80. The normalized spacial score (nSPS) is 13.1. The molecule has 12 heteroatoms. The molecule has 3 aromatic heterocycles. The van der Waals surface area contributed by atoms with E-state index in [1.54, 1.807) is 17.9 Å². The SMILES string of the molecule is CCCCn1c(SCC(=O)Nc2sc3c(c2C(=O)OC)CCCC3)nnc1-c1nn(C)cc1Cl. The van der Waals surface area contributed by atoms with Gasteiger partial charge in [0.15, 0.2) is 11.0 Å². The molecule has 1 aliphatic carbocycles. The van der Waals surface area contributed by atoms with Crippen molar-refractivity contribution >= 4 is 51.6 Å². The first-order valence-corrected chi connectivity index (χ1v) is 13.4. The number of thioether (sulfide) groups is 1. The number of carbonyl (C=O) groups is 2. The van der Waals surface area contributed by atoms with Gasteiger partial charge < -0.3 is 14.6 Å². The van der Waals surface area contributed by atoms with Gasteiger partial charge in [-0.15, -0.1) is 21.5 Å². The second-order valence-electron chi connectivity index (χ2n) is 8.05. The summed E-state index contributed by atoms with van der Waals surface area (Å²) >= 11 is 9.11. The van der Waals surface area contributed by atoms with E-state index in [2.05, 4.69) is 27.5 Å². The van der Waals surface area contributed by atoms with Gasteiger partial charge >= 0.3 is 5.97 Å². The molecular weight excluding hydrogens is 496 g/mol. The molecule has 0 unspecified atom stereocenters. The van der Waals surface area contributed by atoms with Crippen LogP contribution in [0.15, 0.2) is 11.4 Å². The number of anilines is 1. The molecule has 1 amide bonds. The van der Waals surface area contributed by atoms with Crippen LogP contribution < -0.4 is 5.32 Å². The number of amides is 1. The van der Waals surface area contributed by atoms with Crippen LogP contribution >= 0.6 is 34.7 Å². The lowest BCUT2D eigenvalue weighted by Crippen LogP contribution is -2.17. The lowest BCUT2D eigenvalue weighted by atomic mass is 9.95. The molecule has 4 rings (SSSR count). The molecule has 0 aromatic carbocycles. The summed E-state index contributed by atoms with van der Waals surface area (Å²) in [5, 5.41) is 17.6. The number of halogens is 1. The van der Waals surface area contributed by atoms with Crippen LogP contribution in [0, 0.1) is 0 Å². The number of nitrogens with one attached hydrogen (secondary N) is 1. The Morgan fingerprint density at radius 1 is 1.29 bits per heavy atom. The van der Waals surface area contributed by atoms with Crippen LogP contribution in [-0.4, -0.2) is 49.3 Å². The maximum Gasteiger partial charge on any atom is 0.341 e. The van der Waals surface area contributed by atoms with Crippen LogP contribution in [0.3, 0.4) is 0 Å². The lowest BCUT2D eigenvalue weighted by molar-refractivity contribution is -0.113. The average molecular weight is 523 g/mol. The molecule has 3 heterocycles. The first kappa shape index (κ1) is 24.7. The van der Waals surface area contributed by atoms with Gasteiger partial charge in [-0.2, -0.15) is 5.10 Å². The lowest BCUT2D eigenvalue weighted by Gasteiger charge is -2.11. The second-order valence-corrected chi connectivity index (χ2v) is 10.5. The van der Waals surface area contributed by atoms with Gasteiger partial charge in [-0.25, -0.2) is 4.79 Å². The van der Waals surface area contributed by atoms with Crippen molar-refractivity contribution < 1.29 is 14.3 Å². The number of carbonyl (C=O) groups excluding carboxylic acids is 2. The smallest absolute Gasteiger partial charge is 0.341 e. The Morgan fingerprint density at radius 2 is 2.09 bits per heavy atom. The molecule has 0 spiro atoms. The number of nitrogens with zero attached hydrogens (tertiary/aromatic N) is 5. The van der Waals surface area contributed by atoms with Gasteiger partial charge in [0.25, 0.3) is 0 Å². The predicted octanol–water partition coefficient (Wildman–Crippen LogP) is 4.59. The Morgan fingerprint density at radius 3 is 2.79 bits per heavy atom. The fourth-order valence-electron chi connectivity index (χ4n) is 3.96. The van der Waals surface area contributed by atoms with Crippen LogP contribution in [0.1, 0.15) is 53.4 Å². The number of rotatable bonds is 9. The standard InChI is InChI=1S/C22H27ClN6O3S2/c1-4-5-10-29-19(18-14(23)11-28(2)27-18)25-26-22(29)33-12-16(30)24-20-17(21(31)32-3)13-8-6-7-9-15(13)34-20/h11H,4-10,12H2,1-3H3,(H,24,30). The van der Waals surface area contributed by atoms with Crippen LogP contribution in [0.25, 0.3) is 11.5 Å². The fraction of sp³-hybridized carbons (Fsp3) is 0.500. The first-order chi connectivity index (χ1) is 16.4. The van der Waals surface area contributed by atoms with E-state index in [1.807, 2.05) is 4.57 Å². The Bertz CT molecular complexity index is 1200. The second kappa shape index (κ2) is 10.9. The molecule has 3 aromatic rings. The van der Waals surface area contributed by atoms with Crippen molar-refractivity contribution in [1.82, 2.24) is 24.5 Å². The molecule has 0 saturated heterocycles. The quantitative estimate of drug-likeness (QED) is 0.323. The zero-order valence-corrected chi connectivity index (χ0v) is 21.8. The molecule has 0 saturated carbocycles. The highest BCUT2D eigenvalue weighted by atomic mass is 35.5. The minimum absolute atomic E-state index is 0.128. The fourth-order valence-corrected chi connectivity index (χ4v) is 6.29. The summed E-state index contributed by atoms with van der Waals surface area (Å²) in [6.07, 6.45) is 7.53. The van der Waals surface area contributed by atoms with E-state index in [1.165, 1.54) is 30.2 Å². The summed E-state index contributed by atoms with van der Waals surface area (Å²) in [5.74, 6) is 0.0965. The summed E-state index contributed by atoms with van der Waals surface area (Å²) in [5.41, 5.74) is 2.08. The minimum Gasteiger partial charge on any atom is -0.465 e. The van der Waals surface area contributed by atoms with Gasteiger partial charge in [0.05, 0.1) is 23.4 Å². The summed E-state index contributed by atoms with van der Waals surface area (Å²) in [6, 6.07) is 0. The zero-order chi connectivity index (χ0) is 24.2. The van der Waals surface area contributed by atoms with Gasteiger partial charge in [0, 0.05) is 24.7 Å². The number of unbranched alkanes of at least 4 members (excludes halogenated alkanes) is 1. The molecule has 0 fully saturated rings. The first-order valence-electron chi connectivity index (χ1n) is 11.2. The number of aryl methyl sites for hydroxylation is 2. The number of aromatic nitrogens is 5. The molecule has 0 atom stereocenters. The van der Waals surface area contributed by atoms with Gasteiger partial charge in [-0.3, -0.25) is 9.48 Å². The third-order valence-electron chi connectivity index (χ3n) is 5.59. The average Bonchev–Trinajstić information content (AvgIpc) is 3.49. The Balaban J connectivity index is 1.51. The van der Waals surface area contributed by atoms with E-state index in [9.17, 15) is 9.59 Å². The van der Waals surface area contributed by atoms with E-state index in [4.69, 9.17) is 16.3 Å². The summed E-state index contributed by atoms with van der Waals surface area (Å²) < 4.78 is 8.59. The van der Waals surface area contributed by atoms with Crippen molar-refractivity contribution in [2.45, 2.75) is 57.1 Å². The van der Waals surface area contributed by atoms with Crippen molar-refractivity contribution in [2.75, 3.05) is 18.2 Å². The third-order valence-corrected chi connectivity index (χ3v) is 8.04. The number of ether oxygens (including phenoxy) is 1. The number of hydrogen-bond acceptors (Lipinski definition) is 8. The maximum atomic E-state index is 12.8. The van der Waals surface area contributed by atoms with Gasteiger partial charge in [-0.1, -0.05) is 36.7 Å². The Labute approximate surface area is 211 Å². The summed E-state index contributed by atoms with van der Waals surface area (Å²) in [4.78, 5) is 26.4. The zero-order valence-electron chi connectivity index (χ0n) is 19.4. The van der Waals surface area contributed by atoms with E-state index in [0.717, 1.165) is 49.0 Å². The van der Waals surface area contributed by atoms with E-state index in [0.29, 0.717) is 38.8 Å². The highest BCUT2D eigenvalue weighted by Gasteiger charge is 2.27. The minimum atomic E-state index is -0.404. The van der Waals surface area contributed by atoms with E-state index in [-0.39, 0.29) is 11.7 Å². The highest BCUT2D eigenvalue weighted by molar-refractivity contribution is 7.99. The molecule has 34 heavy (non-hydrogen) atoms. The van der Waals surface area contributed by atoms with Crippen LogP contribution in [0.4, 0.5) is 5.00 Å². The topological polar surface area (TPSA) is 104 Å². The van der Waals surface area contributed by atoms with Crippen LogP contribution in [-0.2, 0) is 36.0 Å². The Hall–Kier alpha value is -2.37. The molecule has 0 bridgehead atoms. The number of thiophene rings is 1. The predicted molar refractivity (Wildman–Crippen MR) is 134 cm³/mol. The maximum absolute atomic E-state index is 12.8.